The molecule has 0 radical (unpaired) electrons. The average molecular weight is 99.1 g/mol. The molecule has 0 spiro atoms. The first-order valence-corrected chi connectivity index (χ1v) is 2.32. The number of nitrogens with two attached hydrogens (primary N) is 2. The Bertz CT molecular complexity index is 88.9. The molecule has 0 saturated heterocycles. The summed E-state index contributed by atoms with van der Waals surface area (Å²) in [6.45, 7) is 0.696. The molecule has 0 unspecified atom stereocenters. The van der Waals surface area contributed by atoms with Gasteiger partial charge in [0.1, 0.15) is 0 Å². The highest BCUT2D eigenvalue weighted by Crippen LogP contribution is 1.91. The molecule has 3 heteroatoms. The summed E-state index contributed by atoms with van der Waals surface area (Å²) in [7, 11) is 0. The Morgan fingerprint density at radius 1 is 1.57 bits per heavy atom. The van der Waals surface area contributed by atoms with Crippen LogP contribution in [0, 0.1) is 0 Å². The molecule has 0 aliphatic carbocycles. The van der Waals surface area contributed by atoms with E-state index in [0.29, 0.717) is 6.54 Å². The summed E-state index contributed by atoms with van der Waals surface area (Å²) < 4.78 is 0. The van der Waals surface area contributed by atoms with Crippen LogP contribution in [0.5, 0.6) is 0 Å². The van der Waals surface area contributed by atoms with E-state index in [0.717, 1.165) is 0 Å². The van der Waals surface area contributed by atoms with Gasteiger partial charge in [0.15, 0.2) is 0 Å². The third-order valence-corrected chi connectivity index (χ3v) is 1.09. The average Bonchev–Trinajstić information content (AvgIpc) is 1.91. The Balaban J connectivity index is 2.45. The molecule has 0 fully saturated rings. The van der Waals surface area contributed by atoms with Gasteiger partial charge in [0.2, 0.25) is 0 Å². The van der Waals surface area contributed by atoms with E-state index in [2.05, 4.69) is 4.99 Å². The van der Waals surface area contributed by atoms with E-state index >= 15 is 0 Å². The Kier molecular flexibility index (Phi) is 1.08. The predicted molar refractivity (Wildman–Crippen MR) is 29.3 cm³/mol. The predicted octanol–water partition coefficient (Wildman–Crippen LogP) is -1.27. The van der Waals surface area contributed by atoms with Crippen LogP contribution < -0.4 is 11.5 Å². The molecule has 0 saturated carbocycles. The summed E-state index contributed by atoms with van der Waals surface area (Å²) in [4.78, 5) is 3.87. The van der Waals surface area contributed by atoms with Crippen molar-refractivity contribution in [2.75, 3.05) is 6.54 Å². The summed E-state index contributed by atoms with van der Waals surface area (Å²) in [5.41, 5.74) is 10.8. The van der Waals surface area contributed by atoms with Crippen LogP contribution in [0.2, 0.25) is 0 Å². The minimum absolute atomic E-state index is 0.000000000000000222. The van der Waals surface area contributed by atoms with Gasteiger partial charge in [-0.1, -0.05) is 0 Å². The first-order valence-electron chi connectivity index (χ1n) is 2.32. The molecule has 0 bridgehead atoms. The minimum atomic E-state index is -0.000000000000000222. The van der Waals surface area contributed by atoms with Crippen LogP contribution in [0.1, 0.15) is 0 Å². The van der Waals surface area contributed by atoms with E-state index in [1.807, 2.05) is 0 Å². The van der Waals surface area contributed by atoms with Crippen molar-refractivity contribution in [2.24, 2.45) is 16.5 Å². The van der Waals surface area contributed by atoms with Gasteiger partial charge in [-0.15, -0.1) is 0 Å². The van der Waals surface area contributed by atoms with E-state index in [-0.39, 0.29) is 12.1 Å². The molecule has 1 aliphatic heterocycles. The van der Waals surface area contributed by atoms with E-state index in [1.165, 1.54) is 0 Å². The second kappa shape index (κ2) is 1.60. The third kappa shape index (κ3) is 0.783. The van der Waals surface area contributed by atoms with Crippen molar-refractivity contribution in [3.05, 3.63) is 0 Å². The van der Waals surface area contributed by atoms with Crippen molar-refractivity contribution in [1.29, 1.82) is 0 Å². The molecule has 2 atom stereocenters. The Hall–Kier alpha value is -0.410. The fourth-order valence-electron chi connectivity index (χ4n) is 0.537. The zero-order valence-corrected chi connectivity index (χ0v) is 4.04. The lowest BCUT2D eigenvalue weighted by atomic mass is 10.2. The van der Waals surface area contributed by atoms with Gasteiger partial charge >= 0.3 is 0 Å². The first-order chi connectivity index (χ1) is 3.30. The van der Waals surface area contributed by atoms with E-state index in [9.17, 15) is 0 Å². The van der Waals surface area contributed by atoms with Crippen LogP contribution in [0.4, 0.5) is 0 Å². The molecular weight excluding hydrogens is 90.1 g/mol. The van der Waals surface area contributed by atoms with Crippen LogP contribution in [0.25, 0.3) is 0 Å². The third-order valence-electron chi connectivity index (χ3n) is 1.09. The SMILES string of the molecule is N[C@H]1C=NC[C@@H]1N. The number of nitrogens with zero attached hydrogens (tertiary/aromatic N) is 1. The van der Waals surface area contributed by atoms with Crippen molar-refractivity contribution in [3.8, 4) is 0 Å². The maximum absolute atomic E-state index is 5.43. The van der Waals surface area contributed by atoms with Crippen molar-refractivity contribution < 1.29 is 0 Å². The molecule has 40 valence electrons. The fourth-order valence-corrected chi connectivity index (χ4v) is 0.537. The van der Waals surface area contributed by atoms with E-state index in [4.69, 9.17) is 11.5 Å². The Labute approximate surface area is 42.4 Å². The first kappa shape index (κ1) is 4.74. The van der Waals surface area contributed by atoms with Crippen LogP contribution >= 0.6 is 0 Å². The number of rotatable bonds is 0. The highest BCUT2D eigenvalue weighted by atomic mass is 14.9. The van der Waals surface area contributed by atoms with Crippen molar-refractivity contribution in [3.63, 3.8) is 0 Å². The molecule has 0 aromatic rings. The zero-order chi connectivity index (χ0) is 5.28. The number of hydrogen-bond donors (Lipinski definition) is 2. The van der Waals surface area contributed by atoms with E-state index in [1.54, 1.807) is 6.21 Å². The zero-order valence-electron chi connectivity index (χ0n) is 4.04. The molecule has 4 N–H and O–H groups in total. The second-order valence-electron chi connectivity index (χ2n) is 1.76. The molecule has 0 aromatic heterocycles. The molecule has 3 nitrogen and oxygen atoms in total. The van der Waals surface area contributed by atoms with Crippen LogP contribution in [0.15, 0.2) is 4.99 Å². The highest BCUT2D eigenvalue weighted by Gasteiger charge is 2.13. The summed E-state index contributed by atoms with van der Waals surface area (Å²) in [6, 6.07) is 0.0694. The van der Waals surface area contributed by atoms with Crippen molar-refractivity contribution in [1.82, 2.24) is 0 Å². The highest BCUT2D eigenvalue weighted by molar-refractivity contribution is 5.67. The molecule has 1 heterocycles. The quantitative estimate of drug-likeness (QED) is 0.397. The van der Waals surface area contributed by atoms with Gasteiger partial charge in [0, 0.05) is 12.3 Å². The van der Waals surface area contributed by atoms with Gasteiger partial charge in [-0.05, 0) is 0 Å². The largest absolute Gasteiger partial charge is 0.324 e. The Morgan fingerprint density at radius 3 is 2.43 bits per heavy atom. The fraction of sp³-hybridized carbons (Fsp3) is 0.750. The van der Waals surface area contributed by atoms with Crippen molar-refractivity contribution in [2.45, 2.75) is 12.1 Å². The van der Waals surface area contributed by atoms with Gasteiger partial charge in [-0.25, -0.2) is 0 Å². The van der Waals surface area contributed by atoms with Crippen LogP contribution in [0.3, 0.4) is 0 Å². The van der Waals surface area contributed by atoms with E-state index < -0.39 is 0 Å². The minimum Gasteiger partial charge on any atom is -0.324 e. The summed E-state index contributed by atoms with van der Waals surface area (Å²) in [5.74, 6) is 0. The van der Waals surface area contributed by atoms with Crippen LogP contribution in [-0.2, 0) is 0 Å². The molecule has 1 aliphatic rings. The molecule has 1 rings (SSSR count). The molecule has 0 amide bonds. The van der Waals surface area contributed by atoms with Gasteiger partial charge < -0.3 is 11.5 Å². The Morgan fingerprint density at radius 2 is 2.29 bits per heavy atom. The number of hydrogen-bond acceptors (Lipinski definition) is 3. The maximum atomic E-state index is 5.43. The second-order valence-corrected chi connectivity index (χ2v) is 1.76. The summed E-state index contributed by atoms with van der Waals surface area (Å²) >= 11 is 0. The monoisotopic (exact) mass is 99.1 g/mol. The standard InChI is InChI=1S/C4H9N3/c5-3-1-7-2-4(3)6/h1,3-4H,2,5-6H2/t3-,4-/m0/s1. The summed E-state index contributed by atoms with van der Waals surface area (Å²) in [5, 5.41) is 0. The smallest absolute Gasteiger partial charge is 0.0567 e. The lowest BCUT2D eigenvalue weighted by molar-refractivity contribution is 0.677. The molecular formula is C4H9N3. The normalized spacial score (nSPS) is 39.7. The topological polar surface area (TPSA) is 64.4 Å². The maximum Gasteiger partial charge on any atom is 0.0567 e. The van der Waals surface area contributed by atoms with Crippen LogP contribution in [-0.4, -0.2) is 24.8 Å². The summed E-state index contributed by atoms with van der Waals surface area (Å²) in [6.07, 6.45) is 1.70. The van der Waals surface area contributed by atoms with Gasteiger partial charge in [-0.3, -0.25) is 4.99 Å². The molecule has 7 heavy (non-hydrogen) atoms. The lowest BCUT2D eigenvalue weighted by Crippen LogP contribution is -2.40. The van der Waals surface area contributed by atoms with Gasteiger partial charge in [0.05, 0.1) is 12.6 Å². The van der Waals surface area contributed by atoms with Crippen molar-refractivity contribution >= 4 is 6.21 Å². The lowest BCUT2D eigenvalue weighted by Gasteiger charge is -2.03. The van der Waals surface area contributed by atoms with Gasteiger partial charge in [0.25, 0.3) is 0 Å². The van der Waals surface area contributed by atoms with Gasteiger partial charge in [-0.2, -0.15) is 0 Å². The molecule has 0 aromatic carbocycles. The number of aliphatic imine (C=N–C) groups is 1.